The molecule has 0 atom stereocenters. The average molecular weight is 365 g/mol. The summed E-state index contributed by atoms with van der Waals surface area (Å²) in [5, 5.41) is 5.06. The number of rotatable bonds is 12. The molecule has 1 nitrogen and oxygen atoms in total. The van der Waals surface area contributed by atoms with Gasteiger partial charge in [-0.3, -0.25) is 0 Å². The first-order valence-electron chi connectivity index (χ1n) is 8.53. The average Bonchev–Trinajstić information content (AvgIpc) is 2.46. The van der Waals surface area contributed by atoms with Gasteiger partial charge in [-0.2, -0.15) is 0 Å². The van der Waals surface area contributed by atoms with E-state index in [9.17, 15) is 0 Å². The lowest BCUT2D eigenvalue weighted by Gasteiger charge is -2.10. The molecule has 1 N–H and O–H groups in total. The molecule has 0 amide bonds. The highest BCUT2D eigenvalue weighted by atomic mass is 35.5. The van der Waals surface area contributed by atoms with Crippen LogP contribution in [0.25, 0.3) is 0 Å². The molecular formula is C18H28Cl3N. The van der Waals surface area contributed by atoms with Crippen LogP contribution in [-0.4, -0.2) is 6.54 Å². The molecule has 4 heteroatoms. The summed E-state index contributed by atoms with van der Waals surface area (Å²) in [6, 6.07) is 3.44. The van der Waals surface area contributed by atoms with Crippen LogP contribution in [0.15, 0.2) is 12.1 Å². The second-order valence-electron chi connectivity index (χ2n) is 5.85. The molecule has 0 heterocycles. The molecule has 0 fully saturated rings. The summed E-state index contributed by atoms with van der Waals surface area (Å²) in [7, 11) is 0. The Labute approximate surface area is 150 Å². The minimum absolute atomic E-state index is 0.569. The molecule has 0 unspecified atom stereocenters. The van der Waals surface area contributed by atoms with Crippen molar-refractivity contribution in [3.63, 3.8) is 0 Å². The van der Waals surface area contributed by atoms with Gasteiger partial charge in [0.2, 0.25) is 0 Å². The first-order valence-corrected chi connectivity index (χ1v) is 9.67. The van der Waals surface area contributed by atoms with E-state index >= 15 is 0 Å². The van der Waals surface area contributed by atoms with Crippen molar-refractivity contribution in [1.82, 2.24) is 0 Å². The van der Waals surface area contributed by atoms with Crippen LogP contribution in [0.1, 0.15) is 71.1 Å². The smallest absolute Gasteiger partial charge is 0.0720 e. The zero-order valence-electron chi connectivity index (χ0n) is 13.6. The predicted octanol–water partition coefficient (Wildman–Crippen LogP) is 7.98. The van der Waals surface area contributed by atoms with E-state index in [-0.39, 0.29) is 0 Å². The van der Waals surface area contributed by atoms with E-state index in [4.69, 9.17) is 34.8 Å². The molecule has 0 saturated carbocycles. The maximum Gasteiger partial charge on any atom is 0.0720 e. The molecule has 0 aliphatic rings. The molecule has 1 aromatic rings. The molecule has 0 spiro atoms. The first-order chi connectivity index (χ1) is 10.6. The van der Waals surface area contributed by atoms with Crippen molar-refractivity contribution in [1.29, 1.82) is 0 Å². The summed E-state index contributed by atoms with van der Waals surface area (Å²) in [6.07, 6.45) is 13.4. The van der Waals surface area contributed by atoms with Gasteiger partial charge in [0.1, 0.15) is 0 Å². The van der Waals surface area contributed by atoms with Gasteiger partial charge in [-0.1, -0.05) is 99.5 Å². The van der Waals surface area contributed by atoms with Crippen molar-refractivity contribution < 1.29 is 0 Å². The summed E-state index contributed by atoms with van der Waals surface area (Å²) < 4.78 is 0. The largest absolute Gasteiger partial charge is 0.383 e. The number of unbranched alkanes of at least 4 members (excludes halogenated alkanes) is 9. The minimum Gasteiger partial charge on any atom is -0.383 e. The van der Waals surface area contributed by atoms with E-state index < -0.39 is 0 Å². The second-order valence-corrected chi connectivity index (χ2v) is 7.10. The lowest BCUT2D eigenvalue weighted by molar-refractivity contribution is 0.560. The maximum atomic E-state index is 6.14. The highest BCUT2D eigenvalue weighted by Crippen LogP contribution is 2.33. The zero-order valence-corrected chi connectivity index (χ0v) is 15.8. The van der Waals surface area contributed by atoms with Gasteiger partial charge in [0.15, 0.2) is 0 Å². The molecule has 0 saturated heterocycles. The fraction of sp³-hybridized carbons (Fsp3) is 0.667. The van der Waals surface area contributed by atoms with Crippen LogP contribution in [0, 0.1) is 0 Å². The maximum absolute atomic E-state index is 6.14. The third-order valence-corrected chi connectivity index (χ3v) is 4.65. The molecule has 0 radical (unpaired) electrons. The third-order valence-electron chi connectivity index (χ3n) is 3.84. The van der Waals surface area contributed by atoms with Gasteiger partial charge >= 0.3 is 0 Å². The van der Waals surface area contributed by atoms with Crippen LogP contribution >= 0.6 is 34.8 Å². The molecule has 1 rings (SSSR count). The molecule has 0 bridgehead atoms. The number of halogens is 3. The molecule has 0 aliphatic carbocycles. The van der Waals surface area contributed by atoms with Crippen LogP contribution in [-0.2, 0) is 0 Å². The van der Waals surface area contributed by atoms with Gasteiger partial charge in [0.25, 0.3) is 0 Å². The Kier molecular flexibility index (Phi) is 11.2. The summed E-state index contributed by atoms with van der Waals surface area (Å²) in [4.78, 5) is 0. The molecule has 0 aromatic heterocycles. The number of hydrogen-bond donors (Lipinski definition) is 1. The normalized spacial score (nSPS) is 10.9. The third kappa shape index (κ3) is 8.50. The lowest BCUT2D eigenvalue weighted by atomic mass is 10.1. The van der Waals surface area contributed by atoms with Crippen molar-refractivity contribution in [2.45, 2.75) is 71.1 Å². The Morgan fingerprint density at radius 2 is 1.18 bits per heavy atom. The topological polar surface area (TPSA) is 12.0 Å². The Morgan fingerprint density at radius 3 is 1.68 bits per heavy atom. The number of benzene rings is 1. The van der Waals surface area contributed by atoms with Crippen LogP contribution in [0.5, 0.6) is 0 Å². The standard InChI is InChI=1S/C18H28Cl3N/c1-2-3-4-5-6-7-8-9-10-11-12-22-18-16(20)13-15(19)14-17(18)21/h13-14,22H,2-12H2,1H3. The SMILES string of the molecule is CCCCCCCCCCCCNc1c(Cl)cc(Cl)cc1Cl. The van der Waals surface area contributed by atoms with Crippen molar-refractivity contribution in [3.05, 3.63) is 27.2 Å². The van der Waals surface area contributed by atoms with E-state index in [2.05, 4.69) is 12.2 Å². The Morgan fingerprint density at radius 1 is 0.727 bits per heavy atom. The highest BCUT2D eigenvalue weighted by molar-refractivity contribution is 6.41. The minimum atomic E-state index is 0.569. The Hall–Kier alpha value is -0.110. The fourth-order valence-corrected chi connectivity index (χ4v) is 3.49. The fourth-order valence-electron chi connectivity index (χ4n) is 2.54. The highest BCUT2D eigenvalue weighted by Gasteiger charge is 2.06. The number of nitrogens with one attached hydrogen (secondary N) is 1. The Bertz CT molecular complexity index is 398. The molecule has 126 valence electrons. The second kappa shape index (κ2) is 12.3. The van der Waals surface area contributed by atoms with Gasteiger partial charge < -0.3 is 5.32 Å². The van der Waals surface area contributed by atoms with E-state index in [1.54, 1.807) is 12.1 Å². The lowest BCUT2D eigenvalue weighted by Crippen LogP contribution is -2.02. The number of hydrogen-bond acceptors (Lipinski definition) is 1. The summed E-state index contributed by atoms with van der Waals surface area (Å²) in [5.74, 6) is 0. The van der Waals surface area contributed by atoms with Crippen LogP contribution < -0.4 is 5.32 Å². The van der Waals surface area contributed by atoms with Crippen LogP contribution in [0.4, 0.5) is 5.69 Å². The Balaban J connectivity index is 2.02. The molecule has 0 aliphatic heterocycles. The van der Waals surface area contributed by atoms with Crippen molar-refractivity contribution in [2.75, 3.05) is 11.9 Å². The van der Waals surface area contributed by atoms with Crippen LogP contribution in [0.2, 0.25) is 15.1 Å². The van der Waals surface area contributed by atoms with Gasteiger partial charge in [0, 0.05) is 11.6 Å². The van der Waals surface area contributed by atoms with E-state index in [1.807, 2.05) is 0 Å². The van der Waals surface area contributed by atoms with Crippen molar-refractivity contribution in [3.8, 4) is 0 Å². The van der Waals surface area contributed by atoms with Gasteiger partial charge in [-0.15, -0.1) is 0 Å². The van der Waals surface area contributed by atoms with Crippen molar-refractivity contribution >= 4 is 40.5 Å². The predicted molar refractivity (Wildman–Crippen MR) is 102 cm³/mol. The van der Waals surface area contributed by atoms with Crippen LogP contribution in [0.3, 0.4) is 0 Å². The first kappa shape index (κ1) is 19.9. The van der Waals surface area contributed by atoms with Gasteiger partial charge in [-0.05, 0) is 18.6 Å². The molecule has 22 heavy (non-hydrogen) atoms. The zero-order chi connectivity index (χ0) is 16.2. The van der Waals surface area contributed by atoms with E-state index in [0.717, 1.165) is 18.7 Å². The van der Waals surface area contributed by atoms with E-state index in [0.29, 0.717) is 15.1 Å². The van der Waals surface area contributed by atoms with E-state index in [1.165, 1.54) is 57.8 Å². The van der Waals surface area contributed by atoms with Gasteiger partial charge in [-0.25, -0.2) is 0 Å². The van der Waals surface area contributed by atoms with Gasteiger partial charge in [0.05, 0.1) is 15.7 Å². The van der Waals surface area contributed by atoms with Crippen molar-refractivity contribution in [2.24, 2.45) is 0 Å². The summed E-state index contributed by atoms with van der Waals surface area (Å²) >= 11 is 18.2. The number of anilines is 1. The quantitative estimate of drug-likeness (QED) is 0.371. The molecule has 1 aromatic carbocycles. The monoisotopic (exact) mass is 363 g/mol. The summed E-state index contributed by atoms with van der Waals surface area (Å²) in [5.41, 5.74) is 0.795. The summed E-state index contributed by atoms with van der Waals surface area (Å²) in [6.45, 7) is 3.16. The molecular weight excluding hydrogens is 337 g/mol.